The third-order valence-corrected chi connectivity index (χ3v) is 2.99. The van der Waals surface area contributed by atoms with E-state index >= 15 is 0 Å². The molecule has 0 aromatic heterocycles. The van der Waals surface area contributed by atoms with Crippen molar-refractivity contribution in [2.45, 2.75) is 64.8 Å². The Morgan fingerprint density at radius 2 is 2.06 bits per heavy atom. The average molecular weight is 228 g/mol. The molecular weight excluding hydrogens is 204 g/mol. The SMILES string of the molecule is CC(O)CC(C)N1CCC(NC(C)C)C1=O. The third-order valence-electron chi connectivity index (χ3n) is 2.99. The van der Waals surface area contributed by atoms with Crippen LogP contribution in [0.1, 0.15) is 40.5 Å². The molecule has 0 radical (unpaired) electrons. The molecule has 1 saturated heterocycles. The first-order valence-corrected chi connectivity index (χ1v) is 6.16. The van der Waals surface area contributed by atoms with E-state index < -0.39 is 0 Å². The first-order chi connectivity index (χ1) is 7.41. The van der Waals surface area contributed by atoms with Crippen LogP contribution in [-0.2, 0) is 4.79 Å². The number of amides is 1. The van der Waals surface area contributed by atoms with E-state index in [0.29, 0.717) is 12.5 Å². The van der Waals surface area contributed by atoms with Crippen LogP contribution in [0.4, 0.5) is 0 Å². The molecule has 16 heavy (non-hydrogen) atoms. The Morgan fingerprint density at radius 1 is 1.44 bits per heavy atom. The molecule has 1 heterocycles. The normalized spacial score (nSPS) is 25.2. The molecule has 0 bridgehead atoms. The van der Waals surface area contributed by atoms with Crippen molar-refractivity contribution in [1.82, 2.24) is 10.2 Å². The van der Waals surface area contributed by atoms with Gasteiger partial charge in [-0.2, -0.15) is 0 Å². The maximum atomic E-state index is 12.0. The van der Waals surface area contributed by atoms with Crippen LogP contribution in [0.2, 0.25) is 0 Å². The fourth-order valence-corrected chi connectivity index (χ4v) is 2.32. The van der Waals surface area contributed by atoms with Crippen molar-refractivity contribution >= 4 is 5.91 Å². The fourth-order valence-electron chi connectivity index (χ4n) is 2.32. The number of carbonyl (C=O) groups excluding carboxylic acids is 1. The highest BCUT2D eigenvalue weighted by atomic mass is 16.3. The van der Waals surface area contributed by atoms with Crippen LogP contribution >= 0.6 is 0 Å². The maximum Gasteiger partial charge on any atom is 0.240 e. The molecule has 1 fully saturated rings. The first-order valence-electron chi connectivity index (χ1n) is 6.16. The van der Waals surface area contributed by atoms with Crippen LogP contribution < -0.4 is 5.32 Å². The summed E-state index contributed by atoms with van der Waals surface area (Å²) in [5.74, 6) is 0.182. The van der Waals surface area contributed by atoms with Crippen molar-refractivity contribution in [3.63, 3.8) is 0 Å². The molecule has 1 aliphatic heterocycles. The molecule has 4 heteroatoms. The Morgan fingerprint density at radius 3 is 2.56 bits per heavy atom. The van der Waals surface area contributed by atoms with Gasteiger partial charge in [-0.3, -0.25) is 4.79 Å². The molecule has 0 spiro atoms. The number of carbonyl (C=O) groups is 1. The number of hydrogen-bond donors (Lipinski definition) is 2. The molecule has 4 nitrogen and oxygen atoms in total. The monoisotopic (exact) mass is 228 g/mol. The van der Waals surface area contributed by atoms with Gasteiger partial charge in [0.2, 0.25) is 5.91 Å². The lowest BCUT2D eigenvalue weighted by Gasteiger charge is -2.26. The Bertz CT molecular complexity index is 241. The molecule has 3 atom stereocenters. The van der Waals surface area contributed by atoms with Gasteiger partial charge in [-0.15, -0.1) is 0 Å². The van der Waals surface area contributed by atoms with Crippen LogP contribution in [0.3, 0.4) is 0 Å². The van der Waals surface area contributed by atoms with E-state index in [0.717, 1.165) is 13.0 Å². The van der Waals surface area contributed by atoms with E-state index in [1.165, 1.54) is 0 Å². The minimum absolute atomic E-state index is 0.0311. The Balaban J connectivity index is 2.50. The zero-order chi connectivity index (χ0) is 12.3. The molecular formula is C12H24N2O2. The van der Waals surface area contributed by atoms with Crippen LogP contribution in [0.5, 0.6) is 0 Å². The molecule has 1 amide bonds. The van der Waals surface area contributed by atoms with Crippen LogP contribution in [-0.4, -0.2) is 46.7 Å². The van der Waals surface area contributed by atoms with Gasteiger partial charge in [0.1, 0.15) is 0 Å². The largest absolute Gasteiger partial charge is 0.393 e. The van der Waals surface area contributed by atoms with Crippen LogP contribution in [0.15, 0.2) is 0 Å². The molecule has 3 unspecified atom stereocenters. The second kappa shape index (κ2) is 5.64. The second-order valence-electron chi connectivity index (χ2n) is 5.13. The van der Waals surface area contributed by atoms with Gasteiger partial charge in [0.25, 0.3) is 0 Å². The average Bonchev–Trinajstić information content (AvgIpc) is 2.46. The van der Waals surface area contributed by atoms with Gasteiger partial charge in [0.15, 0.2) is 0 Å². The number of nitrogens with one attached hydrogen (secondary N) is 1. The standard InChI is InChI=1S/C12H24N2O2/c1-8(2)13-11-5-6-14(12(11)16)9(3)7-10(4)15/h8-11,13,15H,5-7H2,1-4H3. The minimum Gasteiger partial charge on any atom is -0.393 e. The number of hydrogen-bond acceptors (Lipinski definition) is 3. The summed E-state index contributed by atoms with van der Waals surface area (Å²) in [6.45, 7) is 8.67. The maximum absolute atomic E-state index is 12.0. The van der Waals surface area contributed by atoms with Gasteiger partial charge in [0, 0.05) is 18.6 Å². The van der Waals surface area contributed by atoms with Crippen LogP contribution in [0.25, 0.3) is 0 Å². The highest BCUT2D eigenvalue weighted by molar-refractivity contribution is 5.84. The lowest BCUT2D eigenvalue weighted by molar-refractivity contribution is -0.131. The van der Waals surface area contributed by atoms with Crippen molar-refractivity contribution < 1.29 is 9.90 Å². The Kier molecular flexibility index (Phi) is 4.74. The highest BCUT2D eigenvalue weighted by Gasteiger charge is 2.34. The predicted molar refractivity (Wildman–Crippen MR) is 64.1 cm³/mol. The minimum atomic E-state index is -0.347. The van der Waals surface area contributed by atoms with Gasteiger partial charge >= 0.3 is 0 Å². The Labute approximate surface area is 98.0 Å². The molecule has 1 rings (SSSR count). The van der Waals surface area contributed by atoms with Crippen LogP contribution in [0, 0.1) is 0 Å². The number of aliphatic hydroxyl groups excluding tert-OH is 1. The molecule has 1 aliphatic rings. The molecule has 2 N–H and O–H groups in total. The van der Waals surface area contributed by atoms with E-state index in [2.05, 4.69) is 19.2 Å². The molecule has 0 aromatic rings. The van der Waals surface area contributed by atoms with E-state index in [1.54, 1.807) is 6.92 Å². The lowest BCUT2D eigenvalue weighted by Crippen LogP contribution is -2.44. The highest BCUT2D eigenvalue weighted by Crippen LogP contribution is 2.17. The second-order valence-corrected chi connectivity index (χ2v) is 5.13. The summed E-state index contributed by atoms with van der Waals surface area (Å²) in [6, 6.07) is 0.434. The quantitative estimate of drug-likeness (QED) is 0.730. The summed E-state index contributed by atoms with van der Waals surface area (Å²) in [5.41, 5.74) is 0. The molecule has 0 aliphatic carbocycles. The number of aliphatic hydroxyl groups is 1. The summed E-state index contributed by atoms with van der Waals surface area (Å²) in [7, 11) is 0. The van der Waals surface area contributed by atoms with E-state index in [4.69, 9.17) is 0 Å². The fraction of sp³-hybridized carbons (Fsp3) is 0.917. The van der Waals surface area contributed by atoms with Crippen molar-refractivity contribution in [1.29, 1.82) is 0 Å². The zero-order valence-corrected chi connectivity index (χ0v) is 10.7. The van der Waals surface area contributed by atoms with Crippen molar-refractivity contribution in [3.8, 4) is 0 Å². The van der Waals surface area contributed by atoms with E-state index in [9.17, 15) is 9.90 Å². The third kappa shape index (κ3) is 3.46. The van der Waals surface area contributed by atoms with Gasteiger partial charge in [-0.25, -0.2) is 0 Å². The lowest BCUT2D eigenvalue weighted by atomic mass is 10.1. The van der Waals surface area contributed by atoms with Crippen molar-refractivity contribution in [2.75, 3.05) is 6.54 Å². The number of rotatable bonds is 5. The number of likely N-dealkylation sites (tertiary alicyclic amines) is 1. The van der Waals surface area contributed by atoms with E-state index in [1.807, 2.05) is 11.8 Å². The molecule has 94 valence electrons. The predicted octanol–water partition coefficient (Wildman–Crippen LogP) is 0.745. The topological polar surface area (TPSA) is 52.6 Å². The number of nitrogens with zero attached hydrogens (tertiary/aromatic N) is 1. The first kappa shape index (κ1) is 13.5. The smallest absolute Gasteiger partial charge is 0.240 e. The van der Waals surface area contributed by atoms with Gasteiger partial charge in [0.05, 0.1) is 12.1 Å². The summed E-state index contributed by atoms with van der Waals surface area (Å²) in [5, 5.41) is 12.6. The molecule has 0 aromatic carbocycles. The summed E-state index contributed by atoms with van der Waals surface area (Å²) in [6.07, 6.45) is 1.18. The summed E-state index contributed by atoms with van der Waals surface area (Å²) >= 11 is 0. The van der Waals surface area contributed by atoms with Gasteiger partial charge in [-0.05, 0) is 26.7 Å². The Hall–Kier alpha value is -0.610. The molecule has 0 saturated carbocycles. The zero-order valence-electron chi connectivity index (χ0n) is 10.7. The van der Waals surface area contributed by atoms with Crippen molar-refractivity contribution in [2.24, 2.45) is 0 Å². The van der Waals surface area contributed by atoms with Gasteiger partial charge in [-0.1, -0.05) is 13.8 Å². The summed E-state index contributed by atoms with van der Waals surface area (Å²) in [4.78, 5) is 13.9. The van der Waals surface area contributed by atoms with Gasteiger partial charge < -0.3 is 15.3 Å². The summed E-state index contributed by atoms with van der Waals surface area (Å²) < 4.78 is 0. The van der Waals surface area contributed by atoms with Crippen molar-refractivity contribution in [3.05, 3.63) is 0 Å². The van der Waals surface area contributed by atoms with E-state index in [-0.39, 0.29) is 24.1 Å².